The molecule has 5 heteroatoms. The van der Waals surface area contributed by atoms with E-state index in [1.165, 1.54) is 0 Å². The van der Waals surface area contributed by atoms with Crippen molar-refractivity contribution in [1.29, 1.82) is 0 Å². The Morgan fingerprint density at radius 1 is 1.47 bits per heavy atom. The monoisotopic (exact) mass is 250 g/mol. The average Bonchev–Trinajstić information content (AvgIpc) is 2.70. The van der Waals surface area contributed by atoms with Crippen LogP contribution in [0.25, 0.3) is 5.65 Å². The highest BCUT2D eigenvalue weighted by molar-refractivity contribution is 7.99. The molecule has 2 heterocycles. The van der Waals surface area contributed by atoms with Gasteiger partial charge in [0.1, 0.15) is 10.7 Å². The Balaban J connectivity index is 2.53. The number of imidazole rings is 1. The van der Waals surface area contributed by atoms with Crippen LogP contribution < -0.4 is 0 Å². The minimum absolute atomic E-state index is 0.354. The van der Waals surface area contributed by atoms with Gasteiger partial charge in [0.2, 0.25) is 0 Å². The van der Waals surface area contributed by atoms with Crippen LogP contribution in [-0.2, 0) is 4.74 Å². The van der Waals surface area contributed by atoms with Crippen LogP contribution in [0.15, 0.2) is 29.4 Å². The normalized spacial score (nSPS) is 10.7. The third-order valence-electron chi connectivity index (χ3n) is 2.24. The molecule has 0 fully saturated rings. The highest BCUT2D eigenvalue weighted by atomic mass is 32.2. The maximum Gasteiger partial charge on any atom is 0.359 e. The van der Waals surface area contributed by atoms with Crippen molar-refractivity contribution in [1.82, 2.24) is 9.38 Å². The van der Waals surface area contributed by atoms with Gasteiger partial charge in [0.25, 0.3) is 0 Å². The predicted molar refractivity (Wildman–Crippen MR) is 67.5 cm³/mol. The number of rotatable bonds is 4. The first-order valence-electron chi connectivity index (χ1n) is 5.55. The molecule has 0 aromatic carbocycles. The van der Waals surface area contributed by atoms with Crippen molar-refractivity contribution in [2.75, 3.05) is 12.4 Å². The Morgan fingerprint density at radius 3 is 3.00 bits per heavy atom. The molecule has 0 atom stereocenters. The van der Waals surface area contributed by atoms with Gasteiger partial charge >= 0.3 is 5.97 Å². The van der Waals surface area contributed by atoms with Crippen LogP contribution in [0.5, 0.6) is 0 Å². The summed E-state index contributed by atoms with van der Waals surface area (Å²) in [6.45, 7) is 4.20. The molecule has 4 nitrogen and oxygen atoms in total. The molecule has 90 valence electrons. The molecule has 2 aromatic rings. The summed E-state index contributed by atoms with van der Waals surface area (Å²) in [6, 6.07) is 5.70. The lowest BCUT2D eigenvalue weighted by Crippen LogP contribution is -2.06. The van der Waals surface area contributed by atoms with Crippen molar-refractivity contribution in [3.8, 4) is 0 Å². The van der Waals surface area contributed by atoms with E-state index in [0.29, 0.717) is 12.3 Å². The molecule has 2 aromatic heterocycles. The topological polar surface area (TPSA) is 43.6 Å². The van der Waals surface area contributed by atoms with Gasteiger partial charge in [-0.3, -0.25) is 4.40 Å². The molecular weight excluding hydrogens is 236 g/mol. The number of nitrogens with zero attached hydrogens (tertiary/aromatic N) is 2. The zero-order valence-electron chi connectivity index (χ0n) is 9.84. The Morgan fingerprint density at radius 2 is 2.29 bits per heavy atom. The molecule has 0 aliphatic rings. The van der Waals surface area contributed by atoms with E-state index in [4.69, 9.17) is 4.74 Å². The summed E-state index contributed by atoms with van der Waals surface area (Å²) in [5.41, 5.74) is 1.18. The summed E-state index contributed by atoms with van der Waals surface area (Å²) in [4.78, 5) is 16.1. The SMILES string of the molecule is CCOC(=O)c1nc2ccccn2c1SCC. The van der Waals surface area contributed by atoms with Gasteiger partial charge in [-0.2, -0.15) is 0 Å². The van der Waals surface area contributed by atoms with E-state index in [1.54, 1.807) is 18.7 Å². The minimum atomic E-state index is -0.354. The van der Waals surface area contributed by atoms with Gasteiger partial charge in [-0.15, -0.1) is 11.8 Å². The molecule has 17 heavy (non-hydrogen) atoms. The number of fused-ring (bicyclic) bond motifs is 1. The largest absolute Gasteiger partial charge is 0.461 e. The van der Waals surface area contributed by atoms with Gasteiger partial charge in [-0.05, 0) is 24.8 Å². The first-order chi connectivity index (χ1) is 8.27. The predicted octanol–water partition coefficient (Wildman–Crippen LogP) is 2.62. The van der Waals surface area contributed by atoms with E-state index in [0.717, 1.165) is 16.4 Å². The number of ether oxygens (including phenoxy) is 1. The van der Waals surface area contributed by atoms with E-state index < -0.39 is 0 Å². The molecule has 0 unspecified atom stereocenters. The summed E-state index contributed by atoms with van der Waals surface area (Å²) < 4.78 is 6.93. The number of aromatic nitrogens is 2. The maximum atomic E-state index is 11.8. The molecule has 0 bridgehead atoms. The second-order valence-electron chi connectivity index (χ2n) is 3.35. The quantitative estimate of drug-likeness (QED) is 0.618. The first-order valence-corrected chi connectivity index (χ1v) is 6.53. The molecule has 0 N–H and O–H groups in total. The van der Waals surface area contributed by atoms with E-state index >= 15 is 0 Å². The van der Waals surface area contributed by atoms with Crippen molar-refractivity contribution < 1.29 is 9.53 Å². The van der Waals surface area contributed by atoms with Crippen molar-refractivity contribution in [3.05, 3.63) is 30.1 Å². The molecule has 0 aliphatic carbocycles. The van der Waals surface area contributed by atoms with Crippen molar-refractivity contribution in [3.63, 3.8) is 0 Å². The summed E-state index contributed by atoms with van der Waals surface area (Å²) in [5.74, 6) is 0.530. The fourth-order valence-corrected chi connectivity index (χ4v) is 2.41. The second-order valence-corrected chi connectivity index (χ2v) is 4.60. The van der Waals surface area contributed by atoms with Crippen molar-refractivity contribution in [2.45, 2.75) is 18.9 Å². The van der Waals surface area contributed by atoms with Crippen LogP contribution in [-0.4, -0.2) is 27.7 Å². The Kier molecular flexibility index (Phi) is 3.68. The lowest BCUT2D eigenvalue weighted by Gasteiger charge is -2.02. The average molecular weight is 250 g/mol. The molecule has 0 radical (unpaired) electrons. The summed E-state index contributed by atoms with van der Waals surface area (Å²) in [5, 5.41) is 0.849. The third-order valence-corrected chi connectivity index (χ3v) is 3.19. The zero-order chi connectivity index (χ0) is 12.3. The van der Waals surface area contributed by atoms with Gasteiger partial charge in [-0.25, -0.2) is 9.78 Å². The number of hydrogen-bond donors (Lipinski definition) is 0. The summed E-state index contributed by atoms with van der Waals surface area (Å²) >= 11 is 1.59. The fourth-order valence-electron chi connectivity index (χ4n) is 1.58. The number of thioether (sulfide) groups is 1. The molecule has 0 amide bonds. The number of carbonyl (C=O) groups excluding carboxylic acids is 1. The second kappa shape index (κ2) is 5.23. The van der Waals surface area contributed by atoms with Crippen molar-refractivity contribution in [2.24, 2.45) is 0 Å². The van der Waals surface area contributed by atoms with Crippen LogP contribution in [0.4, 0.5) is 0 Å². The zero-order valence-corrected chi connectivity index (χ0v) is 10.7. The van der Waals surface area contributed by atoms with E-state index in [9.17, 15) is 4.79 Å². The summed E-state index contributed by atoms with van der Waals surface area (Å²) in [7, 11) is 0. The molecule has 2 rings (SSSR count). The van der Waals surface area contributed by atoms with Crippen LogP contribution in [0.1, 0.15) is 24.3 Å². The Hall–Kier alpha value is -1.49. The molecule has 0 saturated carbocycles. The smallest absolute Gasteiger partial charge is 0.359 e. The molecular formula is C12H14N2O2S. The summed E-state index contributed by atoms with van der Waals surface area (Å²) in [6.07, 6.45) is 1.91. The van der Waals surface area contributed by atoms with Crippen molar-refractivity contribution >= 4 is 23.4 Å². The highest BCUT2D eigenvalue weighted by Gasteiger charge is 2.19. The molecule has 0 saturated heterocycles. The maximum absolute atomic E-state index is 11.8. The van der Waals surface area contributed by atoms with Gasteiger partial charge < -0.3 is 4.74 Å². The van der Waals surface area contributed by atoms with Crippen LogP contribution >= 0.6 is 11.8 Å². The Bertz CT molecular complexity index is 536. The third kappa shape index (κ3) is 2.29. The number of carbonyl (C=O) groups is 1. The highest BCUT2D eigenvalue weighted by Crippen LogP contribution is 2.24. The van der Waals surface area contributed by atoms with E-state index in [-0.39, 0.29) is 5.97 Å². The standard InChI is InChI=1S/C12H14N2O2S/c1-3-16-12(15)10-11(17-4-2)14-8-6-5-7-9(14)13-10/h5-8H,3-4H2,1-2H3. The van der Waals surface area contributed by atoms with Crippen LogP contribution in [0.2, 0.25) is 0 Å². The lowest BCUT2D eigenvalue weighted by molar-refractivity contribution is 0.0515. The molecule has 0 aliphatic heterocycles. The number of esters is 1. The van der Waals surface area contributed by atoms with Gasteiger partial charge in [0.15, 0.2) is 5.69 Å². The minimum Gasteiger partial charge on any atom is -0.461 e. The Labute approximate surface area is 104 Å². The van der Waals surface area contributed by atoms with Crippen LogP contribution in [0, 0.1) is 0 Å². The number of pyridine rings is 1. The van der Waals surface area contributed by atoms with Gasteiger partial charge in [0, 0.05) is 6.20 Å². The first kappa shape index (κ1) is 12.0. The van der Waals surface area contributed by atoms with Gasteiger partial charge in [-0.1, -0.05) is 13.0 Å². The molecule has 0 spiro atoms. The fraction of sp³-hybridized carbons (Fsp3) is 0.333. The van der Waals surface area contributed by atoms with Gasteiger partial charge in [0.05, 0.1) is 6.61 Å². The van der Waals surface area contributed by atoms with Crippen LogP contribution in [0.3, 0.4) is 0 Å². The number of hydrogen-bond acceptors (Lipinski definition) is 4. The lowest BCUT2D eigenvalue weighted by atomic mass is 10.5. The van der Waals surface area contributed by atoms with E-state index in [2.05, 4.69) is 4.98 Å². The van der Waals surface area contributed by atoms with E-state index in [1.807, 2.05) is 35.7 Å².